The maximum Gasteiger partial charge on any atom is 0.301 e. The monoisotopic (exact) mass is 460 g/mol. The standard InChI is InChI=1S/C25H21ClN4O3/c1-14-10-11-19(12-15(14)2)30-25(33)22(16(3)29-30)28-27-21-9-5-8-20(23(21)31)17-6-4-7-18(13-17)24(26)32/h4-13,27,31H,1-3H3. The Morgan fingerprint density at radius 2 is 1.79 bits per heavy atom. The molecule has 0 fully saturated rings. The number of amides is 1. The van der Waals surface area contributed by atoms with Crippen molar-refractivity contribution < 1.29 is 14.7 Å². The summed E-state index contributed by atoms with van der Waals surface area (Å²) in [5.41, 5.74) is 7.93. The second kappa shape index (κ2) is 8.88. The Balaban J connectivity index is 1.61. The Morgan fingerprint density at radius 3 is 2.52 bits per heavy atom. The number of benzene rings is 3. The number of aryl methyl sites for hydroxylation is 2. The van der Waals surface area contributed by atoms with Gasteiger partial charge in [-0.25, -0.2) is 0 Å². The van der Waals surface area contributed by atoms with Crippen molar-refractivity contribution >= 4 is 45.5 Å². The molecule has 166 valence electrons. The number of phenols is 1. The van der Waals surface area contributed by atoms with E-state index in [4.69, 9.17) is 11.6 Å². The Labute approximate surface area is 196 Å². The van der Waals surface area contributed by atoms with E-state index in [0.717, 1.165) is 11.1 Å². The van der Waals surface area contributed by atoms with Crippen LogP contribution in [-0.2, 0) is 4.79 Å². The molecular weight excluding hydrogens is 440 g/mol. The van der Waals surface area contributed by atoms with E-state index in [9.17, 15) is 14.7 Å². The van der Waals surface area contributed by atoms with Gasteiger partial charge in [-0.3, -0.25) is 15.0 Å². The van der Waals surface area contributed by atoms with E-state index in [2.05, 4.69) is 15.6 Å². The molecule has 0 saturated heterocycles. The van der Waals surface area contributed by atoms with Crippen LogP contribution in [0.4, 0.5) is 11.4 Å². The van der Waals surface area contributed by atoms with Gasteiger partial charge in [0, 0.05) is 11.1 Å². The number of aromatic hydroxyl groups is 1. The zero-order valence-corrected chi connectivity index (χ0v) is 19.0. The summed E-state index contributed by atoms with van der Waals surface area (Å²) in [5, 5.41) is 20.1. The van der Waals surface area contributed by atoms with Gasteiger partial charge in [-0.1, -0.05) is 36.4 Å². The molecule has 0 radical (unpaired) electrons. The maximum atomic E-state index is 12.9. The van der Waals surface area contributed by atoms with Gasteiger partial charge in [0.2, 0.25) is 0 Å². The summed E-state index contributed by atoms with van der Waals surface area (Å²) in [4.78, 5) is 24.4. The molecule has 33 heavy (non-hydrogen) atoms. The molecule has 7 nitrogen and oxygen atoms in total. The van der Waals surface area contributed by atoms with Crippen molar-refractivity contribution in [2.75, 3.05) is 10.4 Å². The van der Waals surface area contributed by atoms with Gasteiger partial charge in [0.05, 0.1) is 17.1 Å². The Bertz CT molecular complexity index is 1350. The van der Waals surface area contributed by atoms with Gasteiger partial charge in [0.15, 0.2) is 5.71 Å². The first-order valence-electron chi connectivity index (χ1n) is 10.2. The lowest BCUT2D eigenvalue weighted by Crippen LogP contribution is -2.28. The molecule has 1 amide bonds. The molecule has 1 aliphatic rings. The number of carbonyl (C=O) groups excluding carboxylic acids is 2. The van der Waals surface area contributed by atoms with Crippen molar-refractivity contribution in [1.82, 2.24) is 0 Å². The van der Waals surface area contributed by atoms with Crippen LogP contribution in [0, 0.1) is 13.8 Å². The van der Waals surface area contributed by atoms with Gasteiger partial charge in [-0.2, -0.15) is 15.2 Å². The lowest BCUT2D eigenvalue weighted by atomic mass is 10.0. The summed E-state index contributed by atoms with van der Waals surface area (Å²) in [6.07, 6.45) is 0. The van der Waals surface area contributed by atoms with Crippen molar-refractivity contribution in [3.63, 3.8) is 0 Å². The Hall–Kier alpha value is -3.97. The number of hydrogen-bond donors (Lipinski definition) is 2. The molecule has 0 bridgehead atoms. The molecule has 2 N–H and O–H groups in total. The number of anilines is 2. The molecule has 0 saturated carbocycles. The predicted octanol–water partition coefficient (Wildman–Crippen LogP) is 5.25. The van der Waals surface area contributed by atoms with E-state index in [1.807, 2.05) is 32.0 Å². The van der Waals surface area contributed by atoms with Gasteiger partial charge in [0.1, 0.15) is 5.75 Å². The van der Waals surface area contributed by atoms with E-state index in [1.54, 1.807) is 49.4 Å². The second-order valence-electron chi connectivity index (χ2n) is 7.70. The average Bonchev–Trinajstić information content (AvgIpc) is 3.08. The number of hydrogen-bond acceptors (Lipinski definition) is 6. The van der Waals surface area contributed by atoms with Crippen molar-refractivity contribution in [3.05, 3.63) is 77.4 Å². The van der Waals surface area contributed by atoms with E-state index >= 15 is 0 Å². The molecule has 0 unspecified atom stereocenters. The molecule has 0 spiro atoms. The zero-order chi connectivity index (χ0) is 23.7. The molecule has 0 aromatic heterocycles. The summed E-state index contributed by atoms with van der Waals surface area (Å²) in [6, 6.07) is 17.4. The second-order valence-corrected chi connectivity index (χ2v) is 8.04. The van der Waals surface area contributed by atoms with E-state index in [-0.39, 0.29) is 17.4 Å². The third-order valence-corrected chi connectivity index (χ3v) is 5.67. The average molecular weight is 461 g/mol. The highest BCUT2D eigenvalue weighted by Gasteiger charge is 2.31. The van der Waals surface area contributed by atoms with Crippen LogP contribution in [-0.4, -0.2) is 27.7 Å². The highest BCUT2D eigenvalue weighted by Crippen LogP contribution is 2.36. The van der Waals surface area contributed by atoms with Gasteiger partial charge in [-0.05, 0) is 73.3 Å². The summed E-state index contributed by atoms with van der Waals surface area (Å²) in [6.45, 7) is 5.67. The number of para-hydroxylation sites is 1. The van der Waals surface area contributed by atoms with Gasteiger partial charge in [0.25, 0.3) is 5.24 Å². The first-order valence-corrected chi connectivity index (χ1v) is 10.6. The molecule has 1 heterocycles. The molecule has 3 aromatic rings. The van der Waals surface area contributed by atoms with Crippen molar-refractivity contribution in [3.8, 4) is 16.9 Å². The predicted molar refractivity (Wildman–Crippen MR) is 131 cm³/mol. The first kappa shape index (κ1) is 22.2. The third kappa shape index (κ3) is 4.36. The highest BCUT2D eigenvalue weighted by molar-refractivity contribution is 6.71. The van der Waals surface area contributed by atoms with Crippen molar-refractivity contribution in [2.45, 2.75) is 20.8 Å². The number of rotatable bonds is 5. The van der Waals surface area contributed by atoms with E-state index in [0.29, 0.717) is 33.8 Å². The van der Waals surface area contributed by atoms with E-state index in [1.165, 1.54) is 5.01 Å². The summed E-state index contributed by atoms with van der Waals surface area (Å²) >= 11 is 5.58. The quantitative estimate of drug-likeness (QED) is 0.309. The molecular formula is C25H21ClN4O3. The summed E-state index contributed by atoms with van der Waals surface area (Å²) in [5.74, 6) is -0.445. The number of nitrogens with zero attached hydrogens (tertiary/aromatic N) is 3. The fraction of sp³-hybridized carbons (Fsp3) is 0.120. The number of hydrazone groups is 2. The fourth-order valence-corrected chi connectivity index (χ4v) is 3.57. The lowest BCUT2D eigenvalue weighted by Gasteiger charge is -2.13. The number of halogens is 1. The fourth-order valence-electron chi connectivity index (χ4n) is 3.45. The number of carbonyl (C=O) groups is 2. The summed E-state index contributed by atoms with van der Waals surface area (Å²) < 4.78 is 0. The maximum absolute atomic E-state index is 12.9. The molecule has 8 heteroatoms. The Morgan fingerprint density at radius 1 is 1.03 bits per heavy atom. The first-order chi connectivity index (χ1) is 15.8. The van der Waals surface area contributed by atoms with Crippen LogP contribution in [0.5, 0.6) is 5.75 Å². The molecule has 0 aliphatic carbocycles. The topological polar surface area (TPSA) is 94.4 Å². The SMILES string of the molecule is CC1=NN(c2ccc(C)c(C)c2)C(=O)C1=NNc1cccc(-c2cccc(C(=O)Cl)c2)c1O. The minimum Gasteiger partial charge on any atom is -0.505 e. The summed E-state index contributed by atoms with van der Waals surface area (Å²) in [7, 11) is 0. The van der Waals surface area contributed by atoms with E-state index < -0.39 is 5.24 Å². The Kier molecular flexibility index (Phi) is 5.98. The van der Waals surface area contributed by atoms with Crippen LogP contribution >= 0.6 is 11.6 Å². The highest BCUT2D eigenvalue weighted by atomic mass is 35.5. The third-order valence-electron chi connectivity index (χ3n) is 5.45. The smallest absolute Gasteiger partial charge is 0.301 e. The number of nitrogens with one attached hydrogen (secondary N) is 1. The van der Waals surface area contributed by atoms with Crippen LogP contribution in [0.3, 0.4) is 0 Å². The molecule has 3 aromatic carbocycles. The van der Waals surface area contributed by atoms with Gasteiger partial charge in [-0.15, -0.1) is 0 Å². The zero-order valence-electron chi connectivity index (χ0n) is 18.3. The largest absolute Gasteiger partial charge is 0.505 e. The molecule has 0 atom stereocenters. The van der Waals surface area contributed by atoms with Crippen LogP contribution in [0.1, 0.15) is 28.4 Å². The van der Waals surface area contributed by atoms with Crippen molar-refractivity contribution in [1.29, 1.82) is 0 Å². The van der Waals surface area contributed by atoms with Crippen LogP contribution in [0.2, 0.25) is 0 Å². The van der Waals surface area contributed by atoms with Crippen LogP contribution in [0.15, 0.2) is 70.9 Å². The van der Waals surface area contributed by atoms with Gasteiger partial charge < -0.3 is 5.11 Å². The van der Waals surface area contributed by atoms with Crippen molar-refractivity contribution in [2.24, 2.45) is 10.2 Å². The van der Waals surface area contributed by atoms with Crippen LogP contribution in [0.25, 0.3) is 11.1 Å². The molecule has 4 rings (SSSR count). The minimum absolute atomic E-state index is 0.0768. The lowest BCUT2D eigenvalue weighted by molar-refractivity contribution is -0.112. The number of phenolic OH excluding ortho intramolecular Hbond substituents is 1. The van der Waals surface area contributed by atoms with Gasteiger partial charge >= 0.3 is 5.91 Å². The molecule has 1 aliphatic heterocycles. The minimum atomic E-state index is -0.583. The normalized spacial score (nSPS) is 14.5. The van der Waals surface area contributed by atoms with Crippen LogP contribution < -0.4 is 10.4 Å².